The Hall–Kier alpha value is -1.76. The van der Waals surface area contributed by atoms with E-state index in [-0.39, 0.29) is 10.8 Å². The molecule has 0 spiro atoms. The normalized spacial score (nSPS) is 14.8. The zero-order valence-corrected chi connectivity index (χ0v) is 13.8. The molecule has 2 rings (SSSR count). The molecule has 0 aliphatic carbocycles. The maximum Gasteiger partial charge on any atom is 0.410 e. The Morgan fingerprint density at radius 3 is 2.00 bits per heavy atom. The quantitative estimate of drug-likeness (QED) is 0.850. The van der Waals surface area contributed by atoms with E-state index in [0.717, 1.165) is 13.1 Å². The first kappa shape index (κ1) is 21.2. The largest absolute Gasteiger partial charge is 0.444 e. The van der Waals surface area contributed by atoms with Crippen LogP contribution in [0, 0.1) is 0 Å². The molecule has 1 aromatic carbocycles. The molecule has 1 amide bonds. The molecular weight excluding hydrogens is 311 g/mol. The second-order valence-electron chi connectivity index (χ2n) is 6.33. The van der Waals surface area contributed by atoms with E-state index in [1.54, 1.807) is 4.90 Å². The lowest BCUT2D eigenvalue weighted by molar-refractivity contribution is -0.181. The fourth-order valence-electron chi connectivity index (χ4n) is 1.89. The molecule has 0 radical (unpaired) electrons. The molecule has 1 aromatic rings. The molecule has 1 aliphatic rings. The van der Waals surface area contributed by atoms with Crippen LogP contribution in [0.1, 0.15) is 39.2 Å². The first-order chi connectivity index (χ1) is 9.96. The Morgan fingerprint density at radius 2 is 1.61 bits per heavy atom. The summed E-state index contributed by atoms with van der Waals surface area (Å²) in [5.41, 5.74) is 0.891. The van der Waals surface area contributed by atoms with Crippen LogP contribution in [0.5, 0.6) is 0 Å². The molecular formula is C16H24F3NO3. The standard InChI is InChI=1S/C14H19NO2.C2H4F2O.FH/c1-14(2,3)17-13(16)15-9-12(10-15)11-7-5-4-6-8-11;1-2(3,4)5;/h4-8,12H,9-10H2,1-3H3;5H,1H3;1H. The third kappa shape index (κ3) is 9.07. The number of amides is 1. The highest BCUT2D eigenvalue weighted by atomic mass is 19.3. The average Bonchev–Trinajstić information content (AvgIpc) is 2.23. The Bertz CT molecular complexity index is 472. The van der Waals surface area contributed by atoms with Crippen molar-refractivity contribution in [1.82, 2.24) is 4.90 Å². The Balaban J connectivity index is 0.000000709. The fraction of sp³-hybridized carbons (Fsp3) is 0.562. The highest BCUT2D eigenvalue weighted by Gasteiger charge is 2.34. The molecule has 0 atom stereocenters. The Kier molecular flexibility index (Phi) is 7.57. The van der Waals surface area contributed by atoms with E-state index < -0.39 is 11.7 Å². The van der Waals surface area contributed by atoms with Crippen LogP contribution in [0.4, 0.5) is 18.3 Å². The number of alkyl halides is 2. The van der Waals surface area contributed by atoms with Crippen LogP contribution in [-0.4, -0.2) is 40.9 Å². The number of hydrogen-bond acceptors (Lipinski definition) is 3. The van der Waals surface area contributed by atoms with Crippen molar-refractivity contribution in [2.24, 2.45) is 0 Å². The number of halogens is 3. The second-order valence-corrected chi connectivity index (χ2v) is 6.33. The van der Waals surface area contributed by atoms with Crippen LogP contribution in [0.15, 0.2) is 30.3 Å². The number of benzene rings is 1. The minimum absolute atomic E-state index is 0. The van der Waals surface area contributed by atoms with Crippen LogP contribution in [0.2, 0.25) is 0 Å². The Labute approximate surface area is 134 Å². The van der Waals surface area contributed by atoms with Crippen molar-refractivity contribution in [2.75, 3.05) is 13.1 Å². The number of carbonyl (C=O) groups excluding carboxylic acids is 1. The minimum atomic E-state index is -3.50. The average molecular weight is 335 g/mol. The molecule has 7 heteroatoms. The fourth-order valence-corrected chi connectivity index (χ4v) is 1.89. The summed E-state index contributed by atoms with van der Waals surface area (Å²) in [6.45, 7) is 7.60. The van der Waals surface area contributed by atoms with Gasteiger partial charge in [-0.3, -0.25) is 4.70 Å². The van der Waals surface area contributed by atoms with E-state index in [4.69, 9.17) is 9.84 Å². The summed E-state index contributed by atoms with van der Waals surface area (Å²) in [7, 11) is 0. The third-order valence-corrected chi connectivity index (χ3v) is 2.80. The van der Waals surface area contributed by atoms with Gasteiger partial charge in [-0.05, 0) is 26.3 Å². The van der Waals surface area contributed by atoms with Crippen molar-refractivity contribution in [3.63, 3.8) is 0 Å². The third-order valence-electron chi connectivity index (χ3n) is 2.80. The first-order valence-electron chi connectivity index (χ1n) is 7.09. The second kappa shape index (κ2) is 8.19. The zero-order chi connectivity index (χ0) is 17.0. The number of ether oxygens (including phenoxy) is 1. The molecule has 0 unspecified atom stereocenters. The van der Waals surface area contributed by atoms with Crippen LogP contribution >= 0.6 is 0 Å². The molecule has 1 aliphatic heterocycles. The zero-order valence-electron chi connectivity index (χ0n) is 13.8. The van der Waals surface area contributed by atoms with Crippen molar-refractivity contribution < 1.29 is 28.1 Å². The van der Waals surface area contributed by atoms with Gasteiger partial charge in [0.05, 0.1) is 0 Å². The summed E-state index contributed by atoms with van der Waals surface area (Å²) >= 11 is 0. The van der Waals surface area contributed by atoms with Crippen molar-refractivity contribution in [2.45, 2.75) is 45.3 Å². The van der Waals surface area contributed by atoms with Gasteiger partial charge in [0.1, 0.15) is 5.60 Å². The van der Waals surface area contributed by atoms with Crippen molar-refractivity contribution >= 4 is 6.09 Å². The highest BCUT2D eigenvalue weighted by molar-refractivity contribution is 5.69. The van der Waals surface area contributed by atoms with E-state index >= 15 is 0 Å². The number of nitrogens with zero attached hydrogens (tertiary/aromatic N) is 1. The smallest absolute Gasteiger partial charge is 0.410 e. The molecule has 4 nitrogen and oxygen atoms in total. The van der Waals surface area contributed by atoms with Crippen LogP contribution in [0.25, 0.3) is 0 Å². The van der Waals surface area contributed by atoms with Crippen molar-refractivity contribution in [3.8, 4) is 0 Å². The van der Waals surface area contributed by atoms with Gasteiger partial charge in [0.25, 0.3) is 0 Å². The maximum atomic E-state index is 11.7. The summed E-state index contributed by atoms with van der Waals surface area (Å²) in [6.07, 6.45) is -3.70. The topological polar surface area (TPSA) is 49.8 Å². The van der Waals surface area contributed by atoms with Gasteiger partial charge in [-0.25, -0.2) is 4.79 Å². The number of likely N-dealkylation sites (tertiary alicyclic amines) is 1. The predicted octanol–water partition coefficient (Wildman–Crippen LogP) is 3.76. The van der Waals surface area contributed by atoms with Crippen molar-refractivity contribution in [1.29, 1.82) is 0 Å². The summed E-state index contributed by atoms with van der Waals surface area (Å²) in [4.78, 5) is 13.5. The van der Waals surface area contributed by atoms with Gasteiger partial charge < -0.3 is 14.7 Å². The van der Waals surface area contributed by atoms with E-state index in [2.05, 4.69) is 12.1 Å². The summed E-state index contributed by atoms with van der Waals surface area (Å²) in [6, 6.07) is 10.3. The SMILES string of the molecule is CC(C)(C)OC(=O)N1CC(c2ccccc2)C1.CC(O)(F)F.F. The monoisotopic (exact) mass is 335 g/mol. The van der Waals surface area contributed by atoms with E-state index in [1.807, 2.05) is 39.0 Å². The van der Waals surface area contributed by atoms with Gasteiger partial charge in [0.2, 0.25) is 0 Å². The lowest BCUT2D eigenvalue weighted by atomic mass is 9.92. The number of aliphatic hydroxyl groups is 1. The van der Waals surface area contributed by atoms with E-state index in [0.29, 0.717) is 12.8 Å². The van der Waals surface area contributed by atoms with Crippen LogP contribution in [-0.2, 0) is 4.74 Å². The number of hydrogen-bond donors (Lipinski definition) is 1. The molecule has 0 bridgehead atoms. The van der Waals surface area contributed by atoms with Gasteiger partial charge in [0, 0.05) is 25.9 Å². The molecule has 0 saturated carbocycles. The highest BCUT2D eigenvalue weighted by Crippen LogP contribution is 2.28. The van der Waals surface area contributed by atoms with E-state index in [9.17, 15) is 13.6 Å². The van der Waals surface area contributed by atoms with Crippen LogP contribution in [0.3, 0.4) is 0 Å². The molecule has 132 valence electrons. The molecule has 1 saturated heterocycles. The molecule has 1 N–H and O–H groups in total. The molecule has 23 heavy (non-hydrogen) atoms. The molecule has 1 heterocycles. The summed E-state index contributed by atoms with van der Waals surface area (Å²) in [5.74, 6) is 0.462. The van der Waals surface area contributed by atoms with Gasteiger partial charge in [-0.1, -0.05) is 30.3 Å². The minimum Gasteiger partial charge on any atom is -0.444 e. The van der Waals surface area contributed by atoms with Gasteiger partial charge >= 0.3 is 12.2 Å². The van der Waals surface area contributed by atoms with Crippen molar-refractivity contribution in [3.05, 3.63) is 35.9 Å². The maximum absolute atomic E-state index is 11.7. The van der Waals surface area contributed by atoms with Gasteiger partial charge in [-0.2, -0.15) is 8.78 Å². The van der Waals surface area contributed by atoms with Gasteiger partial charge in [0.15, 0.2) is 0 Å². The number of rotatable bonds is 1. The lowest BCUT2D eigenvalue weighted by Crippen LogP contribution is -2.50. The van der Waals surface area contributed by atoms with Crippen LogP contribution < -0.4 is 0 Å². The Morgan fingerprint density at radius 1 is 1.17 bits per heavy atom. The summed E-state index contributed by atoms with van der Waals surface area (Å²) in [5, 5.41) is 7.19. The molecule has 1 fully saturated rings. The predicted molar refractivity (Wildman–Crippen MR) is 82.3 cm³/mol. The first-order valence-corrected chi connectivity index (χ1v) is 7.09. The number of carbonyl (C=O) groups is 1. The van der Waals surface area contributed by atoms with Gasteiger partial charge in [-0.15, -0.1) is 0 Å². The lowest BCUT2D eigenvalue weighted by Gasteiger charge is -2.40. The molecule has 0 aromatic heterocycles. The van der Waals surface area contributed by atoms with E-state index in [1.165, 1.54) is 5.56 Å². The summed E-state index contributed by atoms with van der Waals surface area (Å²) < 4.78 is 26.5.